The Morgan fingerprint density at radius 3 is 3.10 bits per heavy atom. The van der Waals surface area contributed by atoms with Gasteiger partial charge in [0.15, 0.2) is 6.29 Å². The van der Waals surface area contributed by atoms with E-state index in [2.05, 4.69) is 5.92 Å². The van der Waals surface area contributed by atoms with E-state index in [0.29, 0.717) is 13.0 Å². The van der Waals surface area contributed by atoms with Crippen LogP contribution in [0.5, 0.6) is 0 Å². The van der Waals surface area contributed by atoms with Crippen LogP contribution in [0, 0.1) is 18.3 Å². The molecular weight excluding hydrogens is 128 g/mol. The zero-order valence-corrected chi connectivity index (χ0v) is 5.92. The number of aliphatic hydroxyl groups excluding tert-OH is 1. The van der Waals surface area contributed by atoms with E-state index < -0.39 is 6.29 Å². The molecular formula is C8H12O2. The van der Waals surface area contributed by atoms with Crippen LogP contribution in [-0.4, -0.2) is 18.0 Å². The van der Waals surface area contributed by atoms with E-state index in [1.54, 1.807) is 0 Å². The Hall–Kier alpha value is -0.520. The minimum absolute atomic E-state index is 0.166. The van der Waals surface area contributed by atoms with Crippen molar-refractivity contribution in [1.29, 1.82) is 0 Å². The van der Waals surface area contributed by atoms with Gasteiger partial charge in [-0.2, -0.15) is 0 Å². The zero-order valence-electron chi connectivity index (χ0n) is 5.92. The Labute approximate surface area is 61.2 Å². The highest BCUT2D eigenvalue weighted by molar-refractivity contribution is 4.88. The van der Waals surface area contributed by atoms with Crippen LogP contribution < -0.4 is 0 Å². The van der Waals surface area contributed by atoms with Gasteiger partial charge in [-0.05, 0) is 12.8 Å². The minimum atomic E-state index is -0.621. The highest BCUT2D eigenvalue weighted by atomic mass is 16.6. The largest absolute Gasteiger partial charge is 0.368 e. The maximum atomic E-state index is 9.18. The van der Waals surface area contributed by atoms with Crippen LogP contribution in [0.2, 0.25) is 0 Å². The van der Waals surface area contributed by atoms with Gasteiger partial charge in [0.05, 0.1) is 0 Å². The molecule has 0 radical (unpaired) electrons. The van der Waals surface area contributed by atoms with Gasteiger partial charge in [0.2, 0.25) is 0 Å². The van der Waals surface area contributed by atoms with Gasteiger partial charge in [-0.3, -0.25) is 0 Å². The molecule has 1 aliphatic heterocycles. The van der Waals surface area contributed by atoms with E-state index in [4.69, 9.17) is 11.2 Å². The summed E-state index contributed by atoms with van der Waals surface area (Å²) in [5.41, 5.74) is 0. The topological polar surface area (TPSA) is 29.5 Å². The predicted molar refractivity (Wildman–Crippen MR) is 38.1 cm³/mol. The number of hydrogen-bond donors (Lipinski definition) is 1. The molecule has 1 aliphatic rings. The first-order chi connectivity index (χ1) is 4.84. The van der Waals surface area contributed by atoms with E-state index in [9.17, 15) is 5.11 Å². The van der Waals surface area contributed by atoms with Gasteiger partial charge < -0.3 is 9.84 Å². The smallest absolute Gasteiger partial charge is 0.158 e. The van der Waals surface area contributed by atoms with E-state index in [1.807, 2.05) is 0 Å². The molecule has 0 aromatic heterocycles. The van der Waals surface area contributed by atoms with Gasteiger partial charge in [-0.25, -0.2) is 0 Å². The second-order valence-electron chi connectivity index (χ2n) is 2.57. The molecule has 1 heterocycles. The van der Waals surface area contributed by atoms with Gasteiger partial charge in [0, 0.05) is 18.9 Å². The van der Waals surface area contributed by atoms with Crippen molar-refractivity contribution in [1.82, 2.24) is 0 Å². The third-order valence-corrected chi connectivity index (χ3v) is 1.79. The van der Waals surface area contributed by atoms with Crippen LogP contribution in [0.4, 0.5) is 0 Å². The van der Waals surface area contributed by atoms with Gasteiger partial charge in [0.1, 0.15) is 0 Å². The molecule has 0 aromatic carbocycles. The van der Waals surface area contributed by atoms with Crippen molar-refractivity contribution < 1.29 is 9.84 Å². The lowest BCUT2D eigenvalue weighted by Gasteiger charge is -2.25. The molecule has 0 saturated carbocycles. The number of hydrogen-bond acceptors (Lipinski definition) is 2. The average molecular weight is 140 g/mol. The Kier molecular flexibility index (Phi) is 2.73. The monoisotopic (exact) mass is 140 g/mol. The van der Waals surface area contributed by atoms with Crippen molar-refractivity contribution in [2.24, 2.45) is 5.92 Å². The fourth-order valence-electron chi connectivity index (χ4n) is 1.18. The summed E-state index contributed by atoms with van der Waals surface area (Å²) in [6, 6.07) is 0. The highest BCUT2D eigenvalue weighted by Crippen LogP contribution is 2.21. The molecule has 1 saturated heterocycles. The SMILES string of the molecule is C#CCC1CCCOC1O. The van der Waals surface area contributed by atoms with E-state index in [0.717, 1.165) is 12.8 Å². The van der Waals surface area contributed by atoms with Crippen molar-refractivity contribution in [2.45, 2.75) is 25.6 Å². The summed E-state index contributed by atoms with van der Waals surface area (Å²) in [5.74, 6) is 2.69. The summed E-state index contributed by atoms with van der Waals surface area (Å²) in [4.78, 5) is 0. The van der Waals surface area contributed by atoms with Crippen molar-refractivity contribution in [3.8, 4) is 12.3 Å². The van der Waals surface area contributed by atoms with Gasteiger partial charge in [-0.1, -0.05) is 0 Å². The summed E-state index contributed by atoms with van der Waals surface area (Å²) >= 11 is 0. The normalized spacial score (nSPS) is 33.2. The Morgan fingerprint density at radius 2 is 2.50 bits per heavy atom. The first kappa shape index (κ1) is 7.59. The lowest BCUT2D eigenvalue weighted by molar-refractivity contribution is -0.156. The first-order valence-electron chi connectivity index (χ1n) is 3.57. The predicted octanol–water partition coefficient (Wildman–Crippen LogP) is 0.755. The molecule has 2 unspecified atom stereocenters. The van der Waals surface area contributed by atoms with Gasteiger partial charge in [0.25, 0.3) is 0 Å². The standard InChI is InChI=1S/C8H12O2/c1-2-4-7-5-3-6-10-8(7)9/h1,7-9H,3-6H2. The lowest BCUT2D eigenvalue weighted by atomic mass is 9.97. The van der Waals surface area contributed by atoms with Gasteiger partial charge in [-0.15, -0.1) is 12.3 Å². The number of terminal acetylenes is 1. The Balaban J connectivity index is 2.34. The molecule has 0 spiro atoms. The second-order valence-corrected chi connectivity index (χ2v) is 2.57. The molecule has 1 rings (SSSR count). The highest BCUT2D eigenvalue weighted by Gasteiger charge is 2.22. The summed E-state index contributed by atoms with van der Waals surface area (Å²) in [7, 11) is 0. The fourth-order valence-corrected chi connectivity index (χ4v) is 1.18. The van der Waals surface area contributed by atoms with Crippen LogP contribution in [0.25, 0.3) is 0 Å². The van der Waals surface area contributed by atoms with Gasteiger partial charge >= 0.3 is 0 Å². The fraction of sp³-hybridized carbons (Fsp3) is 0.750. The molecule has 0 amide bonds. The van der Waals surface area contributed by atoms with Crippen LogP contribution in [0.3, 0.4) is 0 Å². The van der Waals surface area contributed by atoms with Crippen LogP contribution in [-0.2, 0) is 4.74 Å². The summed E-state index contributed by atoms with van der Waals surface area (Å²) < 4.78 is 5.00. The van der Waals surface area contributed by atoms with Crippen molar-refractivity contribution in [2.75, 3.05) is 6.61 Å². The minimum Gasteiger partial charge on any atom is -0.368 e. The van der Waals surface area contributed by atoms with Crippen LogP contribution >= 0.6 is 0 Å². The maximum absolute atomic E-state index is 9.18. The molecule has 10 heavy (non-hydrogen) atoms. The van der Waals surface area contributed by atoms with E-state index in [-0.39, 0.29) is 5.92 Å². The molecule has 0 aliphatic carbocycles. The molecule has 2 atom stereocenters. The summed E-state index contributed by atoms with van der Waals surface area (Å²) in [6.07, 6.45) is 7.12. The third-order valence-electron chi connectivity index (χ3n) is 1.79. The lowest BCUT2D eigenvalue weighted by Crippen LogP contribution is -2.28. The number of ether oxygens (including phenoxy) is 1. The molecule has 56 valence electrons. The zero-order chi connectivity index (χ0) is 7.40. The van der Waals surface area contributed by atoms with E-state index >= 15 is 0 Å². The van der Waals surface area contributed by atoms with E-state index in [1.165, 1.54) is 0 Å². The quantitative estimate of drug-likeness (QED) is 0.545. The van der Waals surface area contributed by atoms with Crippen molar-refractivity contribution in [3.63, 3.8) is 0 Å². The Morgan fingerprint density at radius 1 is 1.70 bits per heavy atom. The molecule has 0 aromatic rings. The first-order valence-corrected chi connectivity index (χ1v) is 3.57. The van der Waals surface area contributed by atoms with Crippen LogP contribution in [0.15, 0.2) is 0 Å². The number of rotatable bonds is 1. The average Bonchev–Trinajstić information content (AvgIpc) is 1.94. The molecule has 1 N–H and O–H groups in total. The molecule has 2 nitrogen and oxygen atoms in total. The summed E-state index contributed by atoms with van der Waals surface area (Å²) in [5, 5.41) is 9.18. The number of aliphatic hydroxyl groups is 1. The second kappa shape index (κ2) is 3.60. The Bertz CT molecular complexity index is 137. The third kappa shape index (κ3) is 1.73. The van der Waals surface area contributed by atoms with Crippen molar-refractivity contribution >= 4 is 0 Å². The van der Waals surface area contributed by atoms with Crippen molar-refractivity contribution in [3.05, 3.63) is 0 Å². The summed E-state index contributed by atoms with van der Waals surface area (Å²) in [6.45, 7) is 0.669. The molecule has 2 heteroatoms. The maximum Gasteiger partial charge on any atom is 0.158 e. The van der Waals surface area contributed by atoms with Crippen LogP contribution in [0.1, 0.15) is 19.3 Å². The molecule has 1 fully saturated rings. The molecule has 0 bridgehead atoms.